The highest BCUT2D eigenvalue weighted by Gasteiger charge is 2.44. The summed E-state index contributed by atoms with van der Waals surface area (Å²) in [7, 11) is 0. The van der Waals surface area contributed by atoms with Crippen LogP contribution in [0.1, 0.15) is 32.3 Å². The number of benzene rings is 1. The number of thiocarbonyl (C=S) groups is 1. The maximum atomic E-state index is 13.7. The number of hydrogen-bond donors (Lipinski definition) is 2. The zero-order chi connectivity index (χ0) is 13.3. The van der Waals surface area contributed by atoms with Gasteiger partial charge in [0.15, 0.2) is 0 Å². The maximum Gasteiger partial charge on any atom is 0.135 e. The van der Waals surface area contributed by atoms with Gasteiger partial charge in [0, 0.05) is 12.2 Å². The molecule has 2 nitrogen and oxygen atoms in total. The summed E-state index contributed by atoms with van der Waals surface area (Å²) in [6.45, 7) is 5.31. The van der Waals surface area contributed by atoms with Crippen LogP contribution in [-0.4, -0.2) is 11.5 Å². The molecule has 1 saturated carbocycles. The first-order valence-corrected chi connectivity index (χ1v) is 6.69. The Morgan fingerprint density at radius 1 is 1.50 bits per heavy atom. The van der Waals surface area contributed by atoms with Crippen molar-refractivity contribution < 1.29 is 4.39 Å². The Kier molecular flexibility index (Phi) is 3.57. The van der Waals surface area contributed by atoms with Crippen molar-refractivity contribution in [2.75, 3.05) is 11.9 Å². The predicted molar refractivity (Wildman–Crippen MR) is 77.3 cm³/mol. The molecule has 3 N–H and O–H groups in total. The van der Waals surface area contributed by atoms with Gasteiger partial charge in [0.05, 0.1) is 5.56 Å². The molecule has 1 aliphatic rings. The molecule has 0 aliphatic heterocycles. The summed E-state index contributed by atoms with van der Waals surface area (Å²) in [5.41, 5.74) is 6.97. The number of halogens is 1. The second-order valence-corrected chi connectivity index (χ2v) is 5.84. The summed E-state index contributed by atoms with van der Waals surface area (Å²) >= 11 is 4.91. The summed E-state index contributed by atoms with van der Waals surface area (Å²) in [6.07, 6.45) is 2.46. The van der Waals surface area contributed by atoms with E-state index in [1.807, 2.05) is 6.07 Å². The zero-order valence-electron chi connectivity index (χ0n) is 10.8. The molecular weight excluding hydrogens is 247 g/mol. The lowest BCUT2D eigenvalue weighted by atomic mass is 9.92. The van der Waals surface area contributed by atoms with Gasteiger partial charge in [0.2, 0.25) is 0 Å². The Bertz CT molecular complexity index is 467. The third kappa shape index (κ3) is 2.48. The molecule has 1 aromatic rings. The van der Waals surface area contributed by atoms with E-state index in [9.17, 15) is 4.39 Å². The van der Waals surface area contributed by atoms with Crippen molar-refractivity contribution in [3.8, 4) is 0 Å². The molecule has 0 bridgehead atoms. The summed E-state index contributed by atoms with van der Waals surface area (Å²) in [5.74, 6) is 0.272. The van der Waals surface area contributed by atoms with Gasteiger partial charge in [-0.3, -0.25) is 0 Å². The fourth-order valence-corrected chi connectivity index (χ4v) is 2.52. The Hall–Kier alpha value is -1.16. The van der Waals surface area contributed by atoms with Crippen LogP contribution in [0.2, 0.25) is 0 Å². The van der Waals surface area contributed by atoms with Crippen LogP contribution in [0, 0.1) is 17.2 Å². The van der Waals surface area contributed by atoms with Crippen LogP contribution in [-0.2, 0) is 0 Å². The Balaban J connectivity index is 2.15. The van der Waals surface area contributed by atoms with Gasteiger partial charge < -0.3 is 11.1 Å². The first-order valence-electron chi connectivity index (χ1n) is 6.28. The standard InChI is InChI=1S/C14H19FN2S/c1-9(2)14(6-7-14)8-17-11-5-3-4-10(15)12(11)13(16)18/h3-5,9,17H,6-8H2,1-2H3,(H2,16,18). The molecule has 4 heteroatoms. The van der Waals surface area contributed by atoms with Gasteiger partial charge in [0.1, 0.15) is 10.8 Å². The highest BCUT2D eigenvalue weighted by molar-refractivity contribution is 7.80. The van der Waals surface area contributed by atoms with E-state index in [4.69, 9.17) is 18.0 Å². The van der Waals surface area contributed by atoms with E-state index in [0.717, 1.165) is 6.54 Å². The van der Waals surface area contributed by atoms with Crippen LogP contribution in [0.3, 0.4) is 0 Å². The topological polar surface area (TPSA) is 38.0 Å². The van der Waals surface area contributed by atoms with Crippen molar-refractivity contribution in [1.29, 1.82) is 0 Å². The first kappa shape index (κ1) is 13.3. The van der Waals surface area contributed by atoms with Crippen LogP contribution in [0.25, 0.3) is 0 Å². The van der Waals surface area contributed by atoms with Crippen LogP contribution in [0.15, 0.2) is 18.2 Å². The van der Waals surface area contributed by atoms with Gasteiger partial charge in [-0.05, 0) is 36.3 Å². The van der Waals surface area contributed by atoms with E-state index in [1.54, 1.807) is 6.07 Å². The quantitative estimate of drug-likeness (QED) is 0.803. The van der Waals surface area contributed by atoms with Gasteiger partial charge in [-0.15, -0.1) is 0 Å². The summed E-state index contributed by atoms with van der Waals surface area (Å²) in [5, 5.41) is 3.31. The summed E-state index contributed by atoms with van der Waals surface area (Å²) < 4.78 is 13.7. The molecule has 1 fully saturated rings. The van der Waals surface area contributed by atoms with Crippen LogP contribution < -0.4 is 11.1 Å². The third-order valence-corrected chi connectivity index (χ3v) is 4.21. The van der Waals surface area contributed by atoms with Crippen molar-refractivity contribution in [1.82, 2.24) is 0 Å². The Labute approximate surface area is 113 Å². The molecule has 98 valence electrons. The van der Waals surface area contributed by atoms with Crippen molar-refractivity contribution in [2.45, 2.75) is 26.7 Å². The Morgan fingerprint density at radius 2 is 2.17 bits per heavy atom. The number of rotatable bonds is 5. The minimum atomic E-state index is -0.359. The van der Waals surface area contributed by atoms with Crippen LogP contribution in [0.5, 0.6) is 0 Å². The zero-order valence-corrected chi connectivity index (χ0v) is 11.6. The van der Waals surface area contributed by atoms with E-state index < -0.39 is 0 Å². The van der Waals surface area contributed by atoms with Crippen LogP contribution in [0.4, 0.5) is 10.1 Å². The highest BCUT2D eigenvalue weighted by atomic mass is 32.1. The number of hydrogen-bond acceptors (Lipinski definition) is 2. The average Bonchev–Trinajstić information content (AvgIpc) is 3.06. The summed E-state index contributed by atoms with van der Waals surface area (Å²) in [6, 6.07) is 4.89. The van der Waals surface area contributed by atoms with Crippen molar-refractivity contribution in [2.24, 2.45) is 17.1 Å². The molecule has 0 unspecified atom stereocenters. The van der Waals surface area contributed by atoms with Crippen molar-refractivity contribution in [3.05, 3.63) is 29.6 Å². The average molecular weight is 266 g/mol. The van der Waals surface area contributed by atoms with Gasteiger partial charge in [-0.1, -0.05) is 32.1 Å². The lowest BCUT2D eigenvalue weighted by Gasteiger charge is -2.22. The lowest BCUT2D eigenvalue weighted by Crippen LogP contribution is -2.23. The normalized spacial score (nSPS) is 16.7. The van der Waals surface area contributed by atoms with Gasteiger partial charge in [-0.2, -0.15) is 0 Å². The monoisotopic (exact) mass is 266 g/mol. The predicted octanol–water partition coefficient (Wildman–Crippen LogP) is 3.31. The largest absolute Gasteiger partial charge is 0.389 e. The second-order valence-electron chi connectivity index (χ2n) is 5.40. The van der Waals surface area contributed by atoms with E-state index in [1.165, 1.54) is 18.9 Å². The molecule has 18 heavy (non-hydrogen) atoms. The van der Waals surface area contributed by atoms with Gasteiger partial charge in [-0.25, -0.2) is 4.39 Å². The minimum Gasteiger partial charge on any atom is -0.389 e. The molecular formula is C14H19FN2S. The van der Waals surface area contributed by atoms with E-state index >= 15 is 0 Å². The van der Waals surface area contributed by atoms with Crippen molar-refractivity contribution >= 4 is 22.9 Å². The molecule has 0 aromatic heterocycles. The van der Waals surface area contributed by atoms with E-state index in [0.29, 0.717) is 22.6 Å². The summed E-state index contributed by atoms with van der Waals surface area (Å²) in [4.78, 5) is 0.102. The molecule has 0 radical (unpaired) electrons. The molecule has 0 amide bonds. The maximum absolute atomic E-state index is 13.7. The molecule has 0 atom stereocenters. The number of nitrogens with two attached hydrogens (primary N) is 1. The van der Waals surface area contributed by atoms with Gasteiger partial charge in [0.25, 0.3) is 0 Å². The minimum absolute atomic E-state index is 0.102. The van der Waals surface area contributed by atoms with Crippen LogP contribution >= 0.6 is 12.2 Å². The molecule has 0 spiro atoms. The van der Waals surface area contributed by atoms with E-state index in [2.05, 4.69) is 19.2 Å². The molecule has 0 heterocycles. The van der Waals surface area contributed by atoms with Gasteiger partial charge >= 0.3 is 0 Å². The third-order valence-electron chi connectivity index (χ3n) is 4.01. The number of nitrogens with one attached hydrogen (secondary N) is 1. The SMILES string of the molecule is CC(C)C1(CNc2cccc(F)c2C(N)=S)CC1. The second kappa shape index (κ2) is 4.84. The molecule has 0 saturated heterocycles. The molecule has 1 aliphatic carbocycles. The first-order chi connectivity index (χ1) is 8.46. The fourth-order valence-electron chi connectivity index (χ4n) is 2.31. The fraction of sp³-hybridized carbons (Fsp3) is 0.500. The smallest absolute Gasteiger partial charge is 0.135 e. The Morgan fingerprint density at radius 3 is 2.67 bits per heavy atom. The molecule has 2 rings (SSSR count). The lowest BCUT2D eigenvalue weighted by molar-refractivity contribution is 0.380. The molecule has 1 aromatic carbocycles. The highest BCUT2D eigenvalue weighted by Crippen LogP contribution is 2.51. The van der Waals surface area contributed by atoms with Crippen molar-refractivity contribution in [3.63, 3.8) is 0 Å². The van der Waals surface area contributed by atoms with E-state index in [-0.39, 0.29) is 10.8 Å². The number of anilines is 1.